The standard InChI is InChI=1S/C21H24Cl2FN3O3/c1-27(9-10-28)13-20(30)6-7-21(24,16-3-2-8-25-18(16)20)19(29)26-12-14-4-5-15(22)11-17(14)23/h2-5,8,11,28,30H,6-7,9-10,12-13H2,1H3,(H,26,29)/t20-,21+/m0/s1. The first kappa shape index (κ1) is 22.9. The number of aliphatic hydroxyl groups excluding tert-OH is 1. The lowest BCUT2D eigenvalue weighted by Crippen LogP contribution is -2.51. The molecule has 162 valence electrons. The van der Waals surface area contributed by atoms with Crippen molar-refractivity contribution in [1.29, 1.82) is 0 Å². The molecule has 0 saturated heterocycles. The van der Waals surface area contributed by atoms with Crippen molar-refractivity contribution in [1.82, 2.24) is 15.2 Å². The Hall–Kier alpha value is -1.77. The van der Waals surface area contributed by atoms with Gasteiger partial charge < -0.3 is 20.4 Å². The number of hydrogen-bond acceptors (Lipinski definition) is 5. The molecule has 0 unspecified atom stereocenters. The van der Waals surface area contributed by atoms with Crippen LogP contribution in [-0.2, 0) is 22.6 Å². The van der Waals surface area contributed by atoms with Crippen molar-refractivity contribution in [2.24, 2.45) is 0 Å². The number of amides is 1. The van der Waals surface area contributed by atoms with E-state index in [0.717, 1.165) is 0 Å². The number of fused-ring (bicyclic) bond motifs is 1. The van der Waals surface area contributed by atoms with E-state index in [0.29, 0.717) is 22.2 Å². The van der Waals surface area contributed by atoms with E-state index in [1.54, 1.807) is 36.2 Å². The number of aliphatic hydroxyl groups is 2. The van der Waals surface area contributed by atoms with Crippen LogP contribution < -0.4 is 5.32 Å². The highest BCUT2D eigenvalue weighted by molar-refractivity contribution is 6.35. The van der Waals surface area contributed by atoms with E-state index in [4.69, 9.17) is 28.3 Å². The molecule has 1 heterocycles. The van der Waals surface area contributed by atoms with E-state index < -0.39 is 17.2 Å². The molecule has 1 amide bonds. The van der Waals surface area contributed by atoms with Gasteiger partial charge in [0.1, 0.15) is 5.60 Å². The van der Waals surface area contributed by atoms with Crippen LogP contribution in [-0.4, -0.2) is 52.7 Å². The molecular formula is C21H24Cl2FN3O3. The normalized spacial score (nSPS) is 23.3. The molecular weight excluding hydrogens is 432 g/mol. The summed E-state index contributed by atoms with van der Waals surface area (Å²) in [5, 5.41) is 23.8. The van der Waals surface area contributed by atoms with Gasteiger partial charge in [-0.2, -0.15) is 0 Å². The molecule has 0 saturated carbocycles. The lowest BCUT2D eigenvalue weighted by Gasteiger charge is -2.41. The van der Waals surface area contributed by atoms with Crippen molar-refractivity contribution in [3.63, 3.8) is 0 Å². The predicted molar refractivity (Wildman–Crippen MR) is 113 cm³/mol. The second kappa shape index (κ2) is 9.16. The van der Waals surface area contributed by atoms with Crippen molar-refractivity contribution in [2.45, 2.75) is 30.7 Å². The molecule has 2 aromatic rings. The number of benzene rings is 1. The van der Waals surface area contributed by atoms with E-state index in [1.807, 2.05) is 0 Å². The molecule has 1 aromatic heterocycles. The number of hydrogen-bond donors (Lipinski definition) is 3. The zero-order valence-corrected chi connectivity index (χ0v) is 18.0. The third kappa shape index (κ3) is 4.60. The quantitative estimate of drug-likeness (QED) is 0.597. The molecule has 6 nitrogen and oxygen atoms in total. The maximum absolute atomic E-state index is 16.0. The second-order valence-corrected chi connectivity index (χ2v) is 8.46. The summed E-state index contributed by atoms with van der Waals surface area (Å²) in [6.07, 6.45) is 1.28. The van der Waals surface area contributed by atoms with Gasteiger partial charge in [0.15, 0.2) is 0 Å². The maximum Gasteiger partial charge on any atom is 0.262 e. The topological polar surface area (TPSA) is 85.7 Å². The number of halogens is 3. The Labute approximate surface area is 184 Å². The molecule has 0 spiro atoms. The van der Waals surface area contributed by atoms with Crippen LogP contribution in [0.4, 0.5) is 4.39 Å². The van der Waals surface area contributed by atoms with Gasteiger partial charge in [-0.05, 0) is 43.7 Å². The maximum atomic E-state index is 16.0. The van der Waals surface area contributed by atoms with Crippen molar-refractivity contribution < 1.29 is 19.4 Å². The fourth-order valence-corrected chi connectivity index (χ4v) is 4.27. The highest BCUT2D eigenvalue weighted by Gasteiger charge is 2.52. The number of nitrogens with zero attached hydrogens (tertiary/aromatic N) is 2. The van der Waals surface area contributed by atoms with E-state index in [9.17, 15) is 9.90 Å². The first-order valence-electron chi connectivity index (χ1n) is 9.58. The number of rotatable bonds is 7. The van der Waals surface area contributed by atoms with Crippen molar-refractivity contribution in [2.75, 3.05) is 26.7 Å². The molecule has 1 aliphatic rings. The Kier molecular flexibility index (Phi) is 6.99. The van der Waals surface area contributed by atoms with Gasteiger partial charge in [0.2, 0.25) is 5.67 Å². The summed E-state index contributed by atoms with van der Waals surface area (Å²) in [4.78, 5) is 18.8. The van der Waals surface area contributed by atoms with Crippen LogP contribution in [0.25, 0.3) is 0 Å². The number of pyridine rings is 1. The molecule has 3 rings (SSSR count). The molecule has 1 aliphatic carbocycles. The SMILES string of the molecule is CN(CCO)C[C@@]1(O)CC[C@](F)(C(=O)NCc2ccc(Cl)cc2Cl)c2cccnc21. The van der Waals surface area contributed by atoms with E-state index >= 15 is 4.39 Å². The average Bonchev–Trinajstić information content (AvgIpc) is 2.70. The third-order valence-electron chi connectivity index (χ3n) is 5.39. The van der Waals surface area contributed by atoms with Crippen LogP contribution in [0, 0.1) is 0 Å². The zero-order chi connectivity index (χ0) is 21.9. The summed E-state index contributed by atoms with van der Waals surface area (Å²) >= 11 is 12.0. The van der Waals surface area contributed by atoms with Crippen molar-refractivity contribution in [3.05, 3.63) is 63.4 Å². The highest BCUT2D eigenvalue weighted by atomic mass is 35.5. The number of carbonyl (C=O) groups excluding carboxylic acids is 1. The van der Waals surface area contributed by atoms with Crippen LogP contribution in [0.15, 0.2) is 36.5 Å². The van der Waals surface area contributed by atoms with Gasteiger partial charge in [0.25, 0.3) is 5.91 Å². The summed E-state index contributed by atoms with van der Waals surface area (Å²) in [5.74, 6) is -0.812. The Morgan fingerprint density at radius 2 is 2.10 bits per heavy atom. The molecule has 0 fully saturated rings. The average molecular weight is 456 g/mol. The predicted octanol–water partition coefficient (Wildman–Crippen LogP) is 2.78. The first-order chi connectivity index (χ1) is 14.2. The Morgan fingerprint density at radius 3 is 2.80 bits per heavy atom. The van der Waals surface area contributed by atoms with Crippen molar-refractivity contribution in [3.8, 4) is 0 Å². The summed E-state index contributed by atoms with van der Waals surface area (Å²) < 4.78 is 16.0. The number of carbonyl (C=O) groups is 1. The monoisotopic (exact) mass is 455 g/mol. The van der Waals surface area contributed by atoms with Crippen LogP contribution in [0.5, 0.6) is 0 Å². The first-order valence-corrected chi connectivity index (χ1v) is 10.3. The van der Waals surface area contributed by atoms with Crippen molar-refractivity contribution >= 4 is 29.1 Å². The van der Waals surface area contributed by atoms with Crippen LogP contribution in [0.2, 0.25) is 10.0 Å². The number of aromatic nitrogens is 1. The Balaban J connectivity index is 1.83. The molecule has 3 N–H and O–H groups in total. The van der Waals surface area contributed by atoms with Gasteiger partial charge in [-0.3, -0.25) is 9.78 Å². The highest BCUT2D eigenvalue weighted by Crippen LogP contribution is 2.45. The number of likely N-dealkylation sites (N-methyl/N-ethyl adjacent to an activating group) is 1. The molecule has 30 heavy (non-hydrogen) atoms. The largest absolute Gasteiger partial charge is 0.395 e. The van der Waals surface area contributed by atoms with Gasteiger partial charge in [0, 0.05) is 41.4 Å². The summed E-state index contributed by atoms with van der Waals surface area (Å²) in [5.41, 5.74) is -2.94. The molecule has 9 heteroatoms. The van der Waals surface area contributed by atoms with Crippen LogP contribution in [0.3, 0.4) is 0 Å². The molecule has 0 radical (unpaired) electrons. The van der Waals surface area contributed by atoms with Gasteiger partial charge >= 0.3 is 0 Å². The van der Waals surface area contributed by atoms with Gasteiger partial charge in [0.05, 0.1) is 12.3 Å². The summed E-state index contributed by atoms with van der Waals surface area (Å²) in [7, 11) is 1.75. The molecule has 0 aliphatic heterocycles. The van der Waals surface area contributed by atoms with Gasteiger partial charge in [-0.25, -0.2) is 4.39 Å². The second-order valence-electron chi connectivity index (χ2n) is 7.61. The molecule has 1 aromatic carbocycles. The number of nitrogens with one attached hydrogen (secondary N) is 1. The Morgan fingerprint density at radius 1 is 1.33 bits per heavy atom. The lowest BCUT2D eigenvalue weighted by atomic mass is 9.74. The number of alkyl halides is 1. The fraction of sp³-hybridized carbons (Fsp3) is 0.429. The van der Waals surface area contributed by atoms with Gasteiger partial charge in [-0.15, -0.1) is 0 Å². The van der Waals surface area contributed by atoms with Gasteiger partial charge in [-0.1, -0.05) is 35.3 Å². The lowest BCUT2D eigenvalue weighted by molar-refractivity contribution is -0.137. The fourth-order valence-electron chi connectivity index (χ4n) is 3.79. The minimum absolute atomic E-state index is 0.0123. The Bertz CT molecular complexity index is 932. The minimum atomic E-state index is -2.33. The zero-order valence-electron chi connectivity index (χ0n) is 16.5. The third-order valence-corrected chi connectivity index (χ3v) is 5.97. The summed E-state index contributed by atoms with van der Waals surface area (Å²) in [6.45, 7) is 0.493. The van der Waals surface area contributed by atoms with E-state index in [-0.39, 0.29) is 43.8 Å². The van der Waals surface area contributed by atoms with Crippen LogP contribution >= 0.6 is 23.2 Å². The van der Waals surface area contributed by atoms with E-state index in [1.165, 1.54) is 12.3 Å². The smallest absolute Gasteiger partial charge is 0.262 e. The van der Waals surface area contributed by atoms with E-state index in [2.05, 4.69) is 10.3 Å². The molecule has 0 bridgehead atoms. The summed E-state index contributed by atoms with van der Waals surface area (Å²) in [6, 6.07) is 7.89. The minimum Gasteiger partial charge on any atom is -0.395 e. The molecule has 2 atom stereocenters. The van der Waals surface area contributed by atoms with Crippen LogP contribution in [0.1, 0.15) is 29.7 Å².